The smallest absolute Gasteiger partial charge is 0.0600 e. The highest BCUT2D eigenvalue weighted by molar-refractivity contribution is 5.85. The first-order valence-electron chi connectivity index (χ1n) is 6.78. The molecular weight excluding hydrogens is 246 g/mol. The Labute approximate surface area is 119 Å². The lowest BCUT2D eigenvalue weighted by atomic mass is 10.1. The standard InChI is InChI=1S/C17H19N3/c1-12-14(13-7-3-5-9-16(13)19-12)11-20(2)17-10-6-4-8-15(17)18/h3-10,19H,11,18H2,1-2H3. The number of nitrogens with two attached hydrogens (primary N) is 1. The van der Waals surface area contributed by atoms with Crippen LogP contribution in [-0.2, 0) is 6.54 Å². The fraction of sp³-hybridized carbons (Fsp3) is 0.176. The van der Waals surface area contributed by atoms with Crippen molar-refractivity contribution in [2.24, 2.45) is 0 Å². The van der Waals surface area contributed by atoms with Crippen LogP contribution in [0.3, 0.4) is 0 Å². The van der Waals surface area contributed by atoms with Crippen molar-refractivity contribution >= 4 is 22.3 Å². The van der Waals surface area contributed by atoms with E-state index >= 15 is 0 Å². The lowest BCUT2D eigenvalue weighted by Crippen LogP contribution is -2.18. The summed E-state index contributed by atoms with van der Waals surface area (Å²) in [5.74, 6) is 0. The van der Waals surface area contributed by atoms with Crippen LogP contribution in [0, 0.1) is 6.92 Å². The molecule has 3 nitrogen and oxygen atoms in total. The number of hydrogen-bond acceptors (Lipinski definition) is 2. The number of nitrogen functional groups attached to an aromatic ring is 1. The number of fused-ring (bicyclic) bond motifs is 1. The van der Waals surface area contributed by atoms with E-state index in [4.69, 9.17) is 5.73 Å². The maximum atomic E-state index is 6.05. The van der Waals surface area contributed by atoms with Crippen molar-refractivity contribution in [1.29, 1.82) is 0 Å². The lowest BCUT2D eigenvalue weighted by molar-refractivity contribution is 0.921. The molecule has 0 atom stereocenters. The largest absolute Gasteiger partial charge is 0.397 e. The molecule has 3 N–H and O–H groups in total. The number of rotatable bonds is 3. The average molecular weight is 265 g/mol. The minimum Gasteiger partial charge on any atom is -0.397 e. The molecule has 1 heterocycles. The van der Waals surface area contributed by atoms with E-state index in [0.29, 0.717) is 0 Å². The van der Waals surface area contributed by atoms with Crippen LogP contribution >= 0.6 is 0 Å². The Hall–Kier alpha value is -2.42. The molecule has 0 aliphatic carbocycles. The van der Waals surface area contributed by atoms with Crippen molar-refractivity contribution in [1.82, 2.24) is 4.98 Å². The van der Waals surface area contributed by atoms with Gasteiger partial charge in [0.15, 0.2) is 0 Å². The van der Waals surface area contributed by atoms with Crippen LogP contribution in [-0.4, -0.2) is 12.0 Å². The van der Waals surface area contributed by atoms with Gasteiger partial charge in [0.25, 0.3) is 0 Å². The van der Waals surface area contributed by atoms with Crippen LogP contribution in [0.4, 0.5) is 11.4 Å². The Kier molecular flexibility index (Phi) is 3.11. The number of hydrogen-bond donors (Lipinski definition) is 2. The van der Waals surface area contributed by atoms with Gasteiger partial charge in [-0.3, -0.25) is 0 Å². The second-order valence-corrected chi connectivity index (χ2v) is 5.19. The van der Waals surface area contributed by atoms with Crippen LogP contribution < -0.4 is 10.6 Å². The third-order valence-corrected chi connectivity index (χ3v) is 3.77. The van der Waals surface area contributed by atoms with E-state index in [2.05, 4.69) is 54.2 Å². The molecule has 0 aliphatic heterocycles. The molecular formula is C17H19N3. The molecule has 3 heteroatoms. The van der Waals surface area contributed by atoms with Crippen molar-refractivity contribution in [2.45, 2.75) is 13.5 Å². The predicted octanol–water partition coefficient (Wildman–Crippen LogP) is 3.69. The molecule has 0 spiro atoms. The molecule has 20 heavy (non-hydrogen) atoms. The van der Waals surface area contributed by atoms with Crippen LogP contribution in [0.25, 0.3) is 10.9 Å². The molecule has 3 rings (SSSR count). The molecule has 0 saturated carbocycles. The van der Waals surface area contributed by atoms with Gasteiger partial charge in [0, 0.05) is 30.2 Å². The summed E-state index contributed by atoms with van der Waals surface area (Å²) in [5, 5.41) is 1.28. The van der Waals surface area contributed by atoms with Gasteiger partial charge < -0.3 is 15.6 Å². The van der Waals surface area contributed by atoms with Crippen LogP contribution in [0.1, 0.15) is 11.3 Å². The number of aromatic amines is 1. The van der Waals surface area contributed by atoms with Gasteiger partial charge >= 0.3 is 0 Å². The zero-order valence-corrected chi connectivity index (χ0v) is 11.9. The minimum atomic E-state index is 0.812. The number of aromatic nitrogens is 1. The van der Waals surface area contributed by atoms with Crippen molar-refractivity contribution in [2.75, 3.05) is 17.7 Å². The number of H-pyrrole nitrogens is 1. The number of benzene rings is 2. The number of nitrogens with zero attached hydrogens (tertiary/aromatic N) is 1. The zero-order chi connectivity index (χ0) is 14.1. The summed E-state index contributed by atoms with van der Waals surface area (Å²) in [6.07, 6.45) is 0. The van der Waals surface area contributed by atoms with E-state index in [1.165, 1.54) is 22.2 Å². The number of para-hydroxylation sites is 3. The molecule has 0 saturated heterocycles. The summed E-state index contributed by atoms with van der Waals surface area (Å²) < 4.78 is 0. The molecule has 0 fully saturated rings. The van der Waals surface area contributed by atoms with Crippen LogP contribution in [0.15, 0.2) is 48.5 Å². The number of aryl methyl sites for hydroxylation is 1. The van der Waals surface area contributed by atoms with Gasteiger partial charge in [-0.25, -0.2) is 0 Å². The zero-order valence-electron chi connectivity index (χ0n) is 11.9. The van der Waals surface area contributed by atoms with E-state index in [1.54, 1.807) is 0 Å². The molecule has 0 aliphatic rings. The predicted molar refractivity (Wildman–Crippen MR) is 86.0 cm³/mol. The monoisotopic (exact) mass is 265 g/mol. The van der Waals surface area contributed by atoms with Crippen molar-refractivity contribution < 1.29 is 0 Å². The quantitative estimate of drug-likeness (QED) is 0.709. The first-order valence-corrected chi connectivity index (χ1v) is 6.78. The first-order chi connectivity index (χ1) is 9.66. The van der Waals surface area contributed by atoms with Crippen LogP contribution in [0.2, 0.25) is 0 Å². The SMILES string of the molecule is Cc1[nH]c2ccccc2c1CN(C)c1ccccc1N. The third kappa shape index (κ3) is 2.11. The normalized spacial score (nSPS) is 10.9. The molecule has 0 radical (unpaired) electrons. The van der Waals surface area contributed by atoms with E-state index in [0.717, 1.165) is 17.9 Å². The van der Waals surface area contributed by atoms with Gasteiger partial charge in [-0.15, -0.1) is 0 Å². The van der Waals surface area contributed by atoms with Gasteiger partial charge in [0.2, 0.25) is 0 Å². The molecule has 102 valence electrons. The van der Waals surface area contributed by atoms with Gasteiger partial charge in [-0.2, -0.15) is 0 Å². The number of nitrogens with one attached hydrogen (secondary N) is 1. The summed E-state index contributed by atoms with van der Waals surface area (Å²) >= 11 is 0. The fourth-order valence-electron chi connectivity index (χ4n) is 2.70. The minimum absolute atomic E-state index is 0.812. The summed E-state index contributed by atoms with van der Waals surface area (Å²) in [5.41, 5.74) is 11.7. The average Bonchev–Trinajstić information content (AvgIpc) is 2.76. The molecule has 2 aromatic carbocycles. The summed E-state index contributed by atoms with van der Waals surface area (Å²) in [6.45, 7) is 2.96. The number of anilines is 2. The molecule has 1 aromatic heterocycles. The highest BCUT2D eigenvalue weighted by atomic mass is 15.1. The van der Waals surface area contributed by atoms with Gasteiger partial charge in [-0.1, -0.05) is 30.3 Å². The molecule has 3 aromatic rings. The van der Waals surface area contributed by atoms with E-state index in [-0.39, 0.29) is 0 Å². The highest BCUT2D eigenvalue weighted by Gasteiger charge is 2.11. The fourth-order valence-corrected chi connectivity index (χ4v) is 2.70. The van der Waals surface area contributed by atoms with E-state index in [9.17, 15) is 0 Å². The Morgan fingerprint density at radius 2 is 1.75 bits per heavy atom. The first kappa shape index (κ1) is 12.6. The van der Waals surface area contributed by atoms with E-state index < -0.39 is 0 Å². The second kappa shape index (κ2) is 4.93. The maximum Gasteiger partial charge on any atom is 0.0600 e. The van der Waals surface area contributed by atoms with Crippen molar-refractivity contribution in [3.8, 4) is 0 Å². The Bertz CT molecular complexity index is 743. The molecule has 0 unspecified atom stereocenters. The topological polar surface area (TPSA) is 45.0 Å². The highest BCUT2D eigenvalue weighted by Crippen LogP contribution is 2.27. The molecule has 0 bridgehead atoms. The maximum absolute atomic E-state index is 6.05. The third-order valence-electron chi connectivity index (χ3n) is 3.77. The molecule has 0 amide bonds. The van der Waals surface area contributed by atoms with Crippen molar-refractivity contribution in [3.63, 3.8) is 0 Å². The summed E-state index contributed by atoms with van der Waals surface area (Å²) in [4.78, 5) is 5.63. The Balaban J connectivity index is 1.97. The lowest BCUT2D eigenvalue weighted by Gasteiger charge is -2.21. The van der Waals surface area contributed by atoms with Crippen LogP contribution in [0.5, 0.6) is 0 Å². The Morgan fingerprint density at radius 3 is 2.55 bits per heavy atom. The van der Waals surface area contributed by atoms with Crippen molar-refractivity contribution in [3.05, 3.63) is 59.8 Å². The van der Waals surface area contributed by atoms with Gasteiger partial charge in [0.1, 0.15) is 0 Å². The summed E-state index contributed by atoms with van der Waals surface area (Å²) in [7, 11) is 2.08. The van der Waals surface area contributed by atoms with Gasteiger partial charge in [-0.05, 0) is 30.7 Å². The second-order valence-electron chi connectivity index (χ2n) is 5.19. The van der Waals surface area contributed by atoms with Gasteiger partial charge in [0.05, 0.1) is 11.4 Å². The summed E-state index contributed by atoms with van der Waals surface area (Å²) in [6, 6.07) is 16.4. The van der Waals surface area contributed by atoms with E-state index in [1.807, 2.05) is 18.2 Å². The Morgan fingerprint density at radius 1 is 1.05 bits per heavy atom.